The van der Waals surface area contributed by atoms with Crippen LogP contribution < -0.4 is 11.1 Å². The molecule has 0 amide bonds. The highest BCUT2D eigenvalue weighted by atomic mass is 14.9. The van der Waals surface area contributed by atoms with E-state index >= 15 is 0 Å². The molecule has 2 unspecified atom stereocenters. The smallest absolute Gasteiger partial charge is 0.0404 e. The third kappa shape index (κ3) is 2.38. The first-order valence-corrected chi connectivity index (χ1v) is 6.31. The SMILES string of the molecule is CCc1cccc(C)c1NC1CCC(N)C1. The average molecular weight is 218 g/mol. The fraction of sp³-hybridized carbons (Fsp3) is 0.571. The normalized spacial score (nSPS) is 24.7. The van der Waals surface area contributed by atoms with E-state index in [-0.39, 0.29) is 0 Å². The molecule has 1 aromatic rings. The Hall–Kier alpha value is -1.02. The van der Waals surface area contributed by atoms with E-state index in [0.29, 0.717) is 12.1 Å². The molecule has 1 aliphatic rings. The third-order valence-electron chi connectivity index (χ3n) is 3.56. The molecule has 0 spiro atoms. The summed E-state index contributed by atoms with van der Waals surface area (Å²) in [5, 5.41) is 3.68. The monoisotopic (exact) mass is 218 g/mol. The maximum atomic E-state index is 5.95. The first-order chi connectivity index (χ1) is 7.70. The molecule has 0 aromatic heterocycles. The molecule has 2 nitrogen and oxygen atoms in total. The van der Waals surface area contributed by atoms with Gasteiger partial charge in [0.1, 0.15) is 0 Å². The van der Waals surface area contributed by atoms with E-state index in [1.807, 2.05) is 0 Å². The van der Waals surface area contributed by atoms with Crippen molar-refractivity contribution in [2.24, 2.45) is 5.73 Å². The molecule has 2 heteroatoms. The van der Waals surface area contributed by atoms with Gasteiger partial charge in [0.25, 0.3) is 0 Å². The lowest BCUT2D eigenvalue weighted by atomic mass is 10.0. The largest absolute Gasteiger partial charge is 0.382 e. The highest BCUT2D eigenvalue weighted by Gasteiger charge is 2.22. The summed E-state index contributed by atoms with van der Waals surface area (Å²) in [5.41, 5.74) is 10.0. The van der Waals surface area contributed by atoms with Crippen molar-refractivity contribution in [3.63, 3.8) is 0 Å². The quantitative estimate of drug-likeness (QED) is 0.818. The fourth-order valence-corrected chi connectivity index (χ4v) is 2.58. The van der Waals surface area contributed by atoms with Crippen molar-refractivity contribution in [3.8, 4) is 0 Å². The summed E-state index contributed by atoms with van der Waals surface area (Å²) in [6, 6.07) is 7.49. The van der Waals surface area contributed by atoms with Crippen molar-refractivity contribution in [2.45, 2.75) is 51.6 Å². The maximum Gasteiger partial charge on any atom is 0.0404 e. The second-order valence-corrected chi connectivity index (χ2v) is 4.88. The van der Waals surface area contributed by atoms with Gasteiger partial charge < -0.3 is 11.1 Å². The van der Waals surface area contributed by atoms with Crippen molar-refractivity contribution in [1.29, 1.82) is 0 Å². The summed E-state index contributed by atoms with van der Waals surface area (Å²) < 4.78 is 0. The Kier molecular flexibility index (Phi) is 3.49. The van der Waals surface area contributed by atoms with Gasteiger partial charge in [-0.1, -0.05) is 25.1 Å². The Morgan fingerprint density at radius 1 is 1.38 bits per heavy atom. The van der Waals surface area contributed by atoms with E-state index in [0.717, 1.165) is 19.3 Å². The molecule has 1 aliphatic carbocycles. The molecule has 0 heterocycles. The second-order valence-electron chi connectivity index (χ2n) is 4.88. The molecular weight excluding hydrogens is 196 g/mol. The van der Waals surface area contributed by atoms with Crippen LogP contribution in [0.25, 0.3) is 0 Å². The zero-order valence-electron chi connectivity index (χ0n) is 10.3. The number of anilines is 1. The number of nitrogens with two attached hydrogens (primary N) is 1. The van der Waals surface area contributed by atoms with E-state index in [2.05, 4.69) is 37.4 Å². The van der Waals surface area contributed by atoms with Gasteiger partial charge in [-0.15, -0.1) is 0 Å². The molecule has 0 radical (unpaired) electrons. The predicted molar refractivity (Wildman–Crippen MR) is 69.8 cm³/mol. The van der Waals surface area contributed by atoms with Gasteiger partial charge in [-0.2, -0.15) is 0 Å². The van der Waals surface area contributed by atoms with Crippen LogP contribution in [-0.2, 0) is 6.42 Å². The van der Waals surface area contributed by atoms with Crippen LogP contribution in [0.4, 0.5) is 5.69 Å². The van der Waals surface area contributed by atoms with Crippen LogP contribution in [0.5, 0.6) is 0 Å². The minimum atomic E-state index is 0.395. The summed E-state index contributed by atoms with van der Waals surface area (Å²) in [4.78, 5) is 0. The standard InChI is InChI=1S/C14H22N2/c1-3-11-6-4-5-10(2)14(11)16-13-8-7-12(15)9-13/h4-6,12-13,16H,3,7-9,15H2,1-2H3. The molecule has 3 N–H and O–H groups in total. The number of hydrogen-bond acceptors (Lipinski definition) is 2. The van der Waals surface area contributed by atoms with Gasteiger partial charge in [-0.3, -0.25) is 0 Å². The van der Waals surface area contributed by atoms with Crippen LogP contribution >= 0.6 is 0 Å². The molecule has 2 atom stereocenters. The molecule has 0 saturated heterocycles. The van der Waals surface area contributed by atoms with E-state index in [1.54, 1.807) is 0 Å². The Morgan fingerprint density at radius 2 is 2.19 bits per heavy atom. The van der Waals surface area contributed by atoms with Crippen LogP contribution in [0.3, 0.4) is 0 Å². The minimum Gasteiger partial charge on any atom is -0.382 e. The van der Waals surface area contributed by atoms with Crippen LogP contribution in [0.15, 0.2) is 18.2 Å². The Labute approximate surface area is 98.2 Å². The molecule has 16 heavy (non-hydrogen) atoms. The number of hydrogen-bond donors (Lipinski definition) is 2. The highest BCUT2D eigenvalue weighted by Crippen LogP contribution is 2.26. The number of aryl methyl sites for hydroxylation is 2. The lowest BCUT2D eigenvalue weighted by Gasteiger charge is -2.19. The van der Waals surface area contributed by atoms with E-state index in [1.165, 1.54) is 23.2 Å². The van der Waals surface area contributed by atoms with Gasteiger partial charge in [0.05, 0.1) is 0 Å². The number of para-hydroxylation sites is 1. The summed E-state index contributed by atoms with van der Waals surface area (Å²) in [5.74, 6) is 0. The van der Waals surface area contributed by atoms with E-state index in [4.69, 9.17) is 5.73 Å². The molecule has 1 aromatic carbocycles. The summed E-state index contributed by atoms with van der Waals surface area (Å²) >= 11 is 0. The second kappa shape index (κ2) is 4.88. The van der Waals surface area contributed by atoms with Crippen molar-refractivity contribution in [3.05, 3.63) is 29.3 Å². The van der Waals surface area contributed by atoms with Crippen molar-refractivity contribution < 1.29 is 0 Å². The summed E-state index contributed by atoms with van der Waals surface area (Å²) in [6.45, 7) is 4.39. The maximum absolute atomic E-state index is 5.95. The van der Waals surface area contributed by atoms with Gasteiger partial charge in [-0.25, -0.2) is 0 Å². The predicted octanol–water partition coefficient (Wildman–Crippen LogP) is 2.85. The van der Waals surface area contributed by atoms with Crippen LogP contribution in [0.1, 0.15) is 37.3 Å². The lowest BCUT2D eigenvalue weighted by molar-refractivity contribution is 0.687. The fourth-order valence-electron chi connectivity index (χ4n) is 2.58. The molecule has 88 valence electrons. The number of nitrogens with one attached hydrogen (secondary N) is 1. The molecule has 0 aliphatic heterocycles. The van der Waals surface area contributed by atoms with Crippen molar-refractivity contribution in [2.75, 3.05) is 5.32 Å². The van der Waals surface area contributed by atoms with Gasteiger partial charge >= 0.3 is 0 Å². The molecule has 1 saturated carbocycles. The van der Waals surface area contributed by atoms with Crippen LogP contribution in [0, 0.1) is 6.92 Å². The first-order valence-electron chi connectivity index (χ1n) is 6.31. The minimum absolute atomic E-state index is 0.395. The Bertz CT molecular complexity index is 360. The van der Waals surface area contributed by atoms with Gasteiger partial charge in [0, 0.05) is 17.8 Å². The Balaban J connectivity index is 2.14. The lowest BCUT2D eigenvalue weighted by Crippen LogP contribution is -2.21. The molecular formula is C14H22N2. The van der Waals surface area contributed by atoms with Crippen molar-refractivity contribution in [1.82, 2.24) is 0 Å². The van der Waals surface area contributed by atoms with E-state index < -0.39 is 0 Å². The number of benzene rings is 1. The zero-order chi connectivity index (χ0) is 11.5. The zero-order valence-corrected chi connectivity index (χ0v) is 10.3. The summed E-state index contributed by atoms with van der Waals surface area (Å²) in [6.07, 6.45) is 4.56. The van der Waals surface area contributed by atoms with Crippen LogP contribution in [0.2, 0.25) is 0 Å². The van der Waals surface area contributed by atoms with Crippen molar-refractivity contribution >= 4 is 5.69 Å². The van der Waals surface area contributed by atoms with Gasteiger partial charge in [0.2, 0.25) is 0 Å². The van der Waals surface area contributed by atoms with Crippen LogP contribution in [-0.4, -0.2) is 12.1 Å². The topological polar surface area (TPSA) is 38.0 Å². The third-order valence-corrected chi connectivity index (χ3v) is 3.56. The molecule has 2 rings (SSSR count). The molecule has 0 bridgehead atoms. The Morgan fingerprint density at radius 3 is 2.81 bits per heavy atom. The highest BCUT2D eigenvalue weighted by molar-refractivity contribution is 5.57. The average Bonchev–Trinajstić information content (AvgIpc) is 2.67. The first kappa shape index (κ1) is 11.5. The van der Waals surface area contributed by atoms with Gasteiger partial charge in [0.15, 0.2) is 0 Å². The molecule has 1 fully saturated rings. The van der Waals surface area contributed by atoms with Gasteiger partial charge in [-0.05, 0) is 43.7 Å². The summed E-state index contributed by atoms with van der Waals surface area (Å²) in [7, 11) is 0. The number of rotatable bonds is 3. The van der Waals surface area contributed by atoms with E-state index in [9.17, 15) is 0 Å².